The van der Waals surface area contributed by atoms with E-state index in [0.29, 0.717) is 5.56 Å². The van der Waals surface area contributed by atoms with Crippen LogP contribution >= 0.6 is 0 Å². The molecule has 0 saturated carbocycles. The molecule has 0 bridgehead atoms. The molecule has 21 heavy (non-hydrogen) atoms. The quantitative estimate of drug-likeness (QED) is 0.370. The van der Waals surface area contributed by atoms with Crippen LogP contribution in [0.5, 0.6) is 5.75 Å². The van der Waals surface area contributed by atoms with Gasteiger partial charge in [-0.15, -0.1) is 0 Å². The number of ether oxygens (including phenoxy) is 1. The van der Waals surface area contributed by atoms with E-state index >= 15 is 0 Å². The van der Waals surface area contributed by atoms with Gasteiger partial charge in [-0.3, -0.25) is 15.2 Å². The Kier molecular flexibility index (Phi) is 5.29. The number of carbonyl (C=O) groups is 1. The second-order valence-electron chi connectivity index (χ2n) is 4.63. The summed E-state index contributed by atoms with van der Waals surface area (Å²) in [4.78, 5) is 15.8. The lowest BCUT2D eigenvalue weighted by Crippen LogP contribution is -2.29. The maximum absolute atomic E-state index is 11.5. The number of amides is 1. The van der Waals surface area contributed by atoms with Gasteiger partial charge < -0.3 is 4.74 Å². The zero-order chi connectivity index (χ0) is 15.1. The fourth-order valence-electron chi connectivity index (χ4n) is 1.87. The fraction of sp³-hybridized carbons (Fsp3) is 0.250. The summed E-state index contributed by atoms with van der Waals surface area (Å²) in [5, 5.41) is 0. The summed E-state index contributed by atoms with van der Waals surface area (Å²) in [6.45, 7) is 2.85. The van der Waals surface area contributed by atoms with E-state index in [1.807, 2.05) is 24.3 Å². The van der Waals surface area contributed by atoms with Gasteiger partial charge in [-0.05, 0) is 42.8 Å². The molecule has 1 aromatic heterocycles. The molecule has 0 aliphatic carbocycles. The first-order valence-corrected chi connectivity index (χ1v) is 6.95. The van der Waals surface area contributed by atoms with Crippen molar-refractivity contribution < 1.29 is 9.53 Å². The van der Waals surface area contributed by atoms with Crippen LogP contribution in [0.1, 0.15) is 30.1 Å². The Hall–Kier alpha value is -2.40. The van der Waals surface area contributed by atoms with Crippen molar-refractivity contribution in [2.45, 2.75) is 19.8 Å². The Bertz CT molecular complexity index is 597. The standard InChI is InChI=1S/C16H19N3O2/c1-2-3-10-21-14-6-4-12(5-7-14)15-11-13(8-9-18-15)16(20)19-17/h4-9,11H,2-3,10,17H2,1H3,(H,19,20). The van der Waals surface area contributed by atoms with Crippen LogP contribution in [0.4, 0.5) is 0 Å². The monoisotopic (exact) mass is 285 g/mol. The molecule has 2 aromatic rings. The van der Waals surface area contributed by atoms with Crippen molar-refractivity contribution in [1.29, 1.82) is 0 Å². The van der Waals surface area contributed by atoms with E-state index in [0.717, 1.165) is 36.5 Å². The molecule has 0 radical (unpaired) electrons. The number of unbranched alkanes of at least 4 members (excludes halogenated alkanes) is 1. The summed E-state index contributed by atoms with van der Waals surface area (Å²) in [7, 11) is 0. The van der Waals surface area contributed by atoms with Gasteiger partial charge in [0.25, 0.3) is 5.91 Å². The summed E-state index contributed by atoms with van der Waals surface area (Å²) in [6.07, 6.45) is 3.74. The molecule has 0 spiro atoms. The van der Waals surface area contributed by atoms with Crippen molar-refractivity contribution in [3.8, 4) is 17.0 Å². The van der Waals surface area contributed by atoms with Crippen LogP contribution in [0.25, 0.3) is 11.3 Å². The maximum Gasteiger partial charge on any atom is 0.265 e. The number of pyridine rings is 1. The normalized spacial score (nSPS) is 10.2. The van der Waals surface area contributed by atoms with Crippen LogP contribution < -0.4 is 16.0 Å². The summed E-state index contributed by atoms with van der Waals surface area (Å²) in [6, 6.07) is 11.0. The van der Waals surface area contributed by atoms with Crippen LogP contribution in [0.3, 0.4) is 0 Å². The Morgan fingerprint density at radius 3 is 2.71 bits per heavy atom. The lowest BCUT2D eigenvalue weighted by atomic mass is 10.1. The first kappa shape index (κ1) is 15.0. The first-order valence-electron chi connectivity index (χ1n) is 6.95. The zero-order valence-corrected chi connectivity index (χ0v) is 12.0. The van der Waals surface area contributed by atoms with E-state index in [-0.39, 0.29) is 5.91 Å². The minimum absolute atomic E-state index is 0.335. The van der Waals surface area contributed by atoms with Gasteiger partial charge in [0.15, 0.2) is 0 Å². The second kappa shape index (κ2) is 7.40. The number of nitrogens with two attached hydrogens (primary N) is 1. The molecule has 0 saturated heterocycles. The van der Waals surface area contributed by atoms with Gasteiger partial charge in [0.2, 0.25) is 0 Å². The van der Waals surface area contributed by atoms with Crippen molar-refractivity contribution in [2.75, 3.05) is 6.61 Å². The second-order valence-corrected chi connectivity index (χ2v) is 4.63. The van der Waals surface area contributed by atoms with Gasteiger partial charge >= 0.3 is 0 Å². The molecule has 1 amide bonds. The van der Waals surface area contributed by atoms with Gasteiger partial charge in [0.1, 0.15) is 5.75 Å². The number of hydrogen-bond acceptors (Lipinski definition) is 4. The number of nitrogens with one attached hydrogen (secondary N) is 1. The highest BCUT2D eigenvalue weighted by Crippen LogP contribution is 2.21. The molecule has 110 valence electrons. The van der Waals surface area contributed by atoms with E-state index in [2.05, 4.69) is 17.3 Å². The van der Waals surface area contributed by atoms with Crippen LogP contribution in [0.2, 0.25) is 0 Å². The predicted octanol–water partition coefficient (Wildman–Crippen LogP) is 2.53. The van der Waals surface area contributed by atoms with Crippen LogP contribution in [-0.2, 0) is 0 Å². The third kappa shape index (κ3) is 4.03. The van der Waals surface area contributed by atoms with Crippen LogP contribution in [-0.4, -0.2) is 17.5 Å². The lowest BCUT2D eigenvalue weighted by molar-refractivity contribution is 0.0953. The molecule has 0 unspecified atom stereocenters. The lowest BCUT2D eigenvalue weighted by Gasteiger charge is -2.07. The highest BCUT2D eigenvalue weighted by molar-refractivity contribution is 5.94. The van der Waals surface area contributed by atoms with Gasteiger partial charge in [-0.25, -0.2) is 5.84 Å². The van der Waals surface area contributed by atoms with Crippen molar-refractivity contribution in [2.24, 2.45) is 5.84 Å². The molecule has 0 aliphatic heterocycles. The van der Waals surface area contributed by atoms with Crippen molar-refractivity contribution in [3.63, 3.8) is 0 Å². The van der Waals surface area contributed by atoms with E-state index < -0.39 is 0 Å². The van der Waals surface area contributed by atoms with Crippen molar-refractivity contribution >= 4 is 5.91 Å². The minimum atomic E-state index is -0.335. The average Bonchev–Trinajstić information content (AvgIpc) is 2.55. The molecule has 1 heterocycles. The number of aromatic nitrogens is 1. The Balaban J connectivity index is 2.13. The van der Waals surface area contributed by atoms with Crippen molar-refractivity contribution in [1.82, 2.24) is 10.4 Å². The molecule has 0 fully saturated rings. The van der Waals surface area contributed by atoms with Crippen LogP contribution in [0.15, 0.2) is 42.6 Å². The molecular formula is C16H19N3O2. The number of hydrazine groups is 1. The highest BCUT2D eigenvalue weighted by atomic mass is 16.5. The van der Waals surface area contributed by atoms with Crippen LogP contribution in [0, 0.1) is 0 Å². The number of benzene rings is 1. The molecule has 5 heteroatoms. The number of hydrogen-bond donors (Lipinski definition) is 2. The topological polar surface area (TPSA) is 77.2 Å². The predicted molar refractivity (Wildman–Crippen MR) is 81.7 cm³/mol. The van der Waals surface area contributed by atoms with Gasteiger partial charge in [-0.1, -0.05) is 13.3 Å². The number of carbonyl (C=O) groups excluding carboxylic acids is 1. The molecular weight excluding hydrogens is 266 g/mol. The highest BCUT2D eigenvalue weighted by Gasteiger charge is 2.06. The average molecular weight is 285 g/mol. The Morgan fingerprint density at radius 2 is 2.05 bits per heavy atom. The number of nitrogens with zero attached hydrogens (tertiary/aromatic N) is 1. The Morgan fingerprint density at radius 1 is 1.29 bits per heavy atom. The molecule has 2 rings (SSSR count). The van der Waals surface area contributed by atoms with Gasteiger partial charge in [0.05, 0.1) is 12.3 Å². The fourth-order valence-corrected chi connectivity index (χ4v) is 1.87. The molecule has 5 nitrogen and oxygen atoms in total. The molecule has 3 N–H and O–H groups in total. The summed E-state index contributed by atoms with van der Waals surface area (Å²) >= 11 is 0. The minimum Gasteiger partial charge on any atom is -0.494 e. The zero-order valence-electron chi connectivity index (χ0n) is 12.0. The largest absolute Gasteiger partial charge is 0.494 e. The van der Waals surface area contributed by atoms with E-state index in [9.17, 15) is 4.79 Å². The number of rotatable bonds is 6. The molecule has 1 aromatic carbocycles. The van der Waals surface area contributed by atoms with Gasteiger partial charge in [0, 0.05) is 17.3 Å². The smallest absolute Gasteiger partial charge is 0.265 e. The first-order chi connectivity index (χ1) is 10.2. The summed E-state index contributed by atoms with van der Waals surface area (Å²) < 4.78 is 5.62. The van der Waals surface area contributed by atoms with E-state index in [1.54, 1.807) is 18.3 Å². The molecule has 0 aliphatic rings. The third-order valence-electron chi connectivity index (χ3n) is 3.07. The SMILES string of the molecule is CCCCOc1ccc(-c2cc(C(=O)NN)ccn2)cc1. The third-order valence-corrected chi connectivity index (χ3v) is 3.07. The summed E-state index contributed by atoms with van der Waals surface area (Å²) in [5.74, 6) is 5.64. The van der Waals surface area contributed by atoms with E-state index in [1.165, 1.54) is 0 Å². The summed E-state index contributed by atoms with van der Waals surface area (Å²) in [5.41, 5.74) is 4.23. The van der Waals surface area contributed by atoms with E-state index in [4.69, 9.17) is 10.6 Å². The molecule has 0 atom stereocenters. The Labute approximate surface area is 124 Å². The maximum atomic E-state index is 11.5. The number of nitrogen functional groups attached to an aromatic ring is 1. The van der Waals surface area contributed by atoms with Crippen molar-refractivity contribution in [3.05, 3.63) is 48.2 Å². The van der Waals surface area contributed by atoms with Gasteiger partial charge in [-0.2, -0.15) is 0 Å².